The Bertz CT molecular complexity index is 67.9. The number of thiocarbonyl (C=S) groups is 1. The van der Waals surface area contributed by atoms with Crippen molar-refractivity contribution in [2.45, 2.75) is 6.42 Å². The zero-order valence-electron chi connectivity index (χ0n) is 3.31. The Morgan fingerprint density at radius 3 is 2.50 bits per heavy atom. The van der Waals surface area contributed by atoms with Gasteiger partial charge in [-0.1, -0.05) is 12.2 Å². The summed E-state index contributed by atoms with van der Waals surface area (Å²) < 4.78 is 0. The van der Waals surface area contributed by atoms with Crippen LogP contribution in [0.3, 0.4) is 0 Å². The lowest BCUT2D eigenvalue weighted by molar-refractivity contribution is -0.111. The Balaban J connectivity index is 3.23. The van der Waals surface area contributed by atoms with Gasteiger partial charge in [0, 0.05) is 11.8 Å². The third-order valence-electron chi connectivity index (χ3n) is 0.378. The van der Waals surface area contributed by atoms with E-state index in [2.05, 4.69) is 19.1 Å². The van der Waals surface area contributed by atoms with Gasteiger partial charge in [-0.2, -0.15) is 0 Å². The number of ketones is 1. The zero-order chi connectivity index (χ0) is 4.99. The summed E-state index contributed by atoms with van der Waals surface area (Å²) in [6.07, 6.45) is 0.281. The molecule has 0 aromatic carbocycles. The molecule has 0 aliphatic rings. The van der Waals surface area contributed by atoms with Crippen LogP contribution in [0.4, 0.5) is 0 Å². The summed E-state index contributed by atoms with van der Waals surface area (Å²) in [5.41, 5.74) is 0. The van der Waals surface area contributed by atoms with Gasteiger partial charge in [0.15, 0.2) is 5.78 Å². The van der Waals surface area contributed by atoms with Gasteiger partial charge in [-0.3, -0.25) is 4.79 Å². The first-order valence-electron chi connectivity index (χ1n) is 1.58. The Labute approximate surface area is 42.4 Å². The molecule has 0 amide bonds. The molecule has 2 heteroatoms. The van der Waals surface area contributed by atoms with Crippen molar-refractivity contribution < 1.29 is 4.79 Å². The molecule has 0 aliphatic carbocycles. The van der Waals surface area contributed by atoms with E-state index in [4.69, 9.17) is 0 Å². The maximum Gasteiger partial charge on any atom is 0.166 e. The van der Waals surface area contributed by atoms with Gasteiger partial charge in [-0.15, -0.1) is 0 Å². The van der Waals surface area contributed by atoms with Crippen LogP contribution in [0.5, 0.6) is 0 Å². The molecule has 0 aromatic rings. The van der Waals surface area contributed by atoms with Crippen LogP contribution in [0.15, 0.2) is 0 Å². The molecular formula is C4H5OS. The SMILES string of the molecule is [CH2]CC(=O)C=S. The van der Waals surface area contributed by atoms with Crippen LogP contribution in [0.25, 0.3) is 0 Å². The maximum absolute atomic E-state index is 9.96. The zero-order valence-corrected chi connectivity index (χ0v) is 4.12. The van der Waals surface area contributed by atoms with E-state index in [9.17, 15) is 4.79 Å². The minimum absolute atomic E-state index is 0.0787. The van der Waals surface area contributed by atoms with Crippen LogP contribution < -0.4 is 0 Å². The lowest BCUT2D eigenvalue weighted by atomic mass is 10.4. The van der Waals surface area contributed by atoms with Crippen molar-refractivity contribution in [3.8, 4) is 0 Å². The van der Waals surface area contributed by atoms with Crippen molar-refractivity contribution >= 4 is 23.4 Å². The van der Waals surface area contributed by atoms with Gasteiger partial charge in [-0.05, 0) is 6.92 Å². The normalized spacial score (nSPS) is 7.50. The minimum atomic E-state index is -0.0787. The van der Waals surface area contributed by atoms with E-state index in [-0.39, 0.29) is 12.2 Å². The van der Waals surface area contributed by atoms with Gasteiger partial charge >= 0.3 is 0 Å². The highest BCUT2D eigenvalue weighted by Gasteiger charge is 1.83. The number of rotatable bonds is 2. The molecule has 0 saturated carbocycles. The van der Waals surface area contributed by atoms with Gasteiger partial charge in [0.05, 0.1) is 0 Å². The van der Waals surface area contributed by atoms with Crippen molar-refractivity contribution in [3.63, 3.8) is 0 Å². The summed E-state index contributed by atoms with van der Waals surface area (Å²) in [6, 6.07) is 0. The molecule has 0 atom stereocenters. The molecule has 0 saturated heterocycles. The molecule has 0 spiro atoms. The van der Waals surface area contributed by atoms with Crippen molar-refractivity contribution in [1.29, 1.82) is 0 Å². The molecule has 0 aromatic heterocycles. The molecular weight excluding hydrogens is 96.1 g/mol. The summed E-state index contributed by atoms with van der Waals surface area (Å²) in [4.78, 5) is 9.96. The van der Waals surface area contributed by atoms with E-state index in [0.717, 1.165) is 5.37 Å². The van der Waals surface area contributed by atoms with Gasteiger partial charge in [0.2, 0.25) is 0 Å². The topological polar surface area (TPSA) is 17.1 Å². The molecule has 0 heterocycles. The van der Waals surface area contributed by atoms with E-state index in [1.165, 1.54) is 0 Å². The molecule has 1 radical (unpaired) electrons. The van der Waals surface area contributed by atoms with Crippen molar-refractivity contribution in [3.05, 3.63) is 6.92 Å². The second-order valence-electron chi connectivity index (χ2n) is 0.834. The fourth-order valence-corrected chi connectivity index (χ4v) is 0.177. The standard InChI is InChI=1S/C4H5OS/c1-2-4(5)3-6/h3H,1-2H2. The lowest BCUT2D eigenvalue weighted by Gasteiger charge is -1.73. The van der Waals surface area contributed by atoms with Crippen LogP contribution in [-0.4, -0.2) is 11.2 Å². The Kier molecular flexibility index (Phi) is 2.85. The van der Waals surface area contributed by atoms with Crippen molar-refractivity contribution in [1.82, 2.24) is 0 Å². The van der Waals surface area contributed by atoms with Crippen molar-refractivity contribution in [2.75, 3.05) is 0 Å². The lowest BCUT2D eigenvalue weighted by Crippen LogP contribution is -1.91. The van der Waals surface area contributed by atoms with Gasteiger partial charge < -0.3 is 0 Å². The minimum Gasteiger partial charge on any atom is -0.294 e. The predicted molar refractivity (Wildman–Crippen MR) is 28.6 cm³/mol. The highest BCUT2D eigenvalue weighted by atomic mass is 32.1. The Morgan fingerprint density at radius 1 is 2.00 bits per heavy atom. The summed E-state index contributed by atoms with van der Waals surface area (Å²) in [5, 5.41) is 1.10. The van der Waals surface area contributed by atoms with Crippen molar-refractivity contribution in [2.24, 2.45) is 0 Å². The highest BCUT2D eigenvalue weighted by molar-refractivity contribution is 7.80. The van der Waals surface area contributed by atoms with Crippen LogP contribution in [-0.2, 0) is 4.79 Å². The molecule has 0 fully saturated rings. The smallest absolute Gasteiger partial charge is 0.166 e. The summed E-state index contributed by atoms with van der Waals surface area (Å²) >= 11 is 4.26. The van der Waals surface area contributed by atoms with E-state index < -0.39 is 0 Å². The Morgan fingerprint density at radius 2 is 2.50 bits per heavy atom. The number of carbonyl (C=O) groups is 1. The second kappa shape index (κ2) is 2.97. The highest BCUT2D eigenvalue weighted by Crippen LogP contribution is 1.71. The van der Waals surface area contributed by atoms with Crippen LogP contribution in [0, 0.1) is 6.92 Å². The quantitative estimate of drug-likeness (QED) is 0.478. The van der Waals surface area contributed by atoms with Gasteiger partial charge in [0.1, 0.15) is 0 Å². The fraction of sp³-hybridized carbons (Fsp3) is 0.250. The molecule has 6 heavy (non-hydrogen) atoms. The average Bonchev–Trinajstić information content (AvgIpc) is 1.65. The molecule has 0 bridgehead atoms. The summed E-state index contributed by atoms with van der Waals surface area (Å²) in [7, 11) is 0. The molecule has 33 valence electrons. The first-order valence-corrected chi connectivity index (χ1v) is 2.05. The molecule has 0 N–H and O–H groups in total. The molecule has 0 unspecified atom stereocenters. The third kappa shape index (κ3) is 2.03. The van der Waals surface area contributed by atoms with E-state index in [1.54, 1.807) is 0 Å². The first kappa shape index (κ1) is 5.76. The van der Waals surface area contributed by atoms with Gasteiger partial charge in [0.25, 0.3) is 0 Å². The van der Waals surface area contributed by atoms with Crippen LogP contribution in [0.1, 0.15) is 6.42 Å². The predicted octanol–water partition coefficient (Wildman–Crippen LogP) is 0.779. The maximum atomic E-state index is 9.96. The monoisotopic (exact) mass is 101 g/mol. The summed E-state index contributed by atoms with van der Waals surface area (Å²) in [6.45, 7) is 3.31. The Hall–Kier alpha value is -0.240. The number of hydrogen-bond donors (Lipinski definition) is 0. The van der Waals surface area contributed by atoms with E-state index >= 15 is 0 Å². The fourth-order valence-electron chi connectivity index (χ4n) is 0.0589. The first-order chi connectivity index (χ1) is 2.81. The average molecular weight is 101 g/mol. The van der Waals surface area contributed by atoms with E-state index in [1.807, 2.05) is 0 Å². The molecule has 0 aliphatic heterocycles. The second-order valence-corrected chi connectivity index (χ2v) is 1.07. The number of hydrogen-bond acceptors (Lipinski definition) is 2. The largest absolute Gasteiger partial charge is 0.294 e. The third-order valence-corrected chi connectivity index (χ3v) is 0.641. The van der Waals surface area contributed by atoms with Crippen LogP contribution >= 0.6 is 12.2 Å². The number of carbonyl (C=O) groups excluding carboxylic acids is 1. The van der Waals surface area contributed by atoms with Crippen LogP contribution in [0.2, 0.25) is 0 Å². The molecule has 0 rings (SSSR count). The molecule has 1 nitrogen and oxygen atoms in total. The number of Topliss-reactive ketones (excluding diaryl/α,β-unsaturated/α-hetero) is 1. The summed E-state index contributed by atoms with van der Waals surface area (Å²) in [5.74, 6) is -0.0787. The van der Waals surface area contributed by atoms with Gasteiger partial charge in [-0.25, -0.2) is 0 Å². The van der Waals surface area contributed by atoms with E-state index in [0.29, 0.717) is 0 Å².